The molecule has 0 atom stereocenters. The molecule has 2 aromatic carbocycles. The van der Waals surface area contributed by atoms with Crippen LogP contribution in [0.1, 0.15) is 5.56 Å². The number of hydrogen-bond donors (Lipinski definition) is 0. The van der Waals surface area contributed by atoms with Crippen molar-refractivity contribution >= 4 is 17.5 Å². The first-order chi connectivity index (χ1) is 9.97. The summed E-state index contributed by atoms with van der Waals surface area (Å²) in [4.78, 5) is 23.4. The molecule has 0 aliphatic heterocycles. The van der Waals surface area contributed by atoms with Gasteiger partial charge in [-0.1, -0.05) is 17.7 Å². The zero-order valence-electron chi connectivity index (χ0n) is 11.6. The average molecular weight is 286 g/mol. The molecule has 0 heterocycles. The topological polar surface area (TPSA) is 72.7 Å². The van der Waals surface area contributed by atoms with Crippen LogP contribution in [0.15, 0.2) is 48.5 Å². The zero-order chi connectivity index (χ0) is 15.4. The predicted molar refractivity (Wildman–Crippen MR) is 78.7 cm³/mol. The first kappa shape index (κ1) is 14.5. The normalized spacial score (nSPS) is 10.0. The minimum Gasteiger partial charge on any atom is -0.410 e. The van der Waals surface area contributed by atoms with Crippen molar-refractivity contribution in [2.24, 2.45) is 0 Å². The Morgan fingerprint density at radius 3 is 2.19 bits per heavy atom. The molecule has 21 heavy (non-hydrogen) atoms. The average Bonchev–Trinajstić information content (AvgIpc) is 2.47. The highest BCUT2D eigenvalue weighted by Crippen LogP contribution is 2.19. The van der Waals surface area contributed by atoms with E-state index in [-0.39, 0.29) is 11.4 Å². The lowest BCUT2D eigenvalue weighted by atomic mass is 10.2. The lowest BCUT2D eigenvalue weighted by Gasteiger charge is -2.17. The Morgan fingerprint density at radius 2 is 1.67 bits per heavy atom. The van der Waals surface area contributed by atoms with Gasteiger partial charge in [-0.25, -0.2) is 4.79 Å². The number of hydrogen-bond acceptors (Lipinski definition) is 4. The summed E-state index contributed by atoms with van der Waals surface area (Å²) in [6.07, 6.45) is -0.562. The van der Waals surface area contributed by atoms with Gasteiger partial charge in [-0.2, -0.15) is 0 Å². The van der Waals surface area contributed by atoms with Gasteiger partial charge in [0.25, 0.3) is 5.69 Å². The van der Waals surface area contributed by atoms with E-state index in [1.165, 1.54) is 29.2 Å². The fourth-order valence-corrected chi connectivity index (χ4v) is 1.68. The van der Waals surface area contributed by atoms with Gasteiger partial charge in [0.2, 0.25) is 0 Å². The number of aryl methyl sites for hydroxylation is 1. The number of nitro benzene ring substituents is 1. The standard InChI is InChI=1S/C15H14N2O4/c1-11-3-5-12(6-4-11)16(2)15(18)21-14-9-7-13(8-10-14)17(19)20/h3-10H,1-2H3. The van der Waals surface area contributed by atoms with Gasteiger partial charge in [0.15, 0.2) is 0 Å². The second-order valence-electron chi connectivity index (χ2n) is 4.51. The Hall–Kier alpha value is -2.89. The van der Waals surface area contributed by atoms with Crippen molar-refractivity contribution in [3.63, 3.8) is 0 Å². The third-order valence-corrected chi connectivity index (χ3v) is 2.95. The Kier molecular flexibility index (Phi) is 4.18. The molecule has 0 aliphatic carbocycles. The van der Waals surface area contributed by atoms with Crippen molar-refractivity contribution in [3.8, 4) is 5.75 Å². The van der Waals surface area contributed by atoms with Crippen molar-refractivity contribution in [1.29, 1.82) is 0 Å². The largest absolute Gasteiger partial charge is 0.419 e. The first-order valence-corrected chi connectivity index (χ1v) is 6.24. The van der Waals surface area contributed by atoms with Crippen LogP contribution in [-0.2, 0) is 0 Å². The summed E-state index contributed by atoms with van der Waals surface area (Å²) in [5, 5.41) is 10.5. The van der Waals surface area contributed by atoms with Gasteiger partial charge in [-0.15, -0.1) is 0 Å². The van der Waals surface area contributed by atoms with Crippen LogP contribution in [0.25, 0.3) is 0 Å². The van der Waals surface area contributed by atoms with Crippen LogP contribution < -0.4 is 9.64 Å². The molecule has 0 aliphatic rings. The van der Waals surface area contributed by atoms with Crippen molar-refractivity contribution < 1.29 is 14.5 Å². The Labute approximate surface area is 121 Å². The summed E-state index contributed by atoms with van der Waals surface area (Å²) in [6.45, 7) is 1.96. The molecule has 108 valence electrons. The van der Waals surface area contributed by atoms with E-state index in [1.54, 1.807) is 7.05 Å². The lowest BCUT2D eigenvalue weighted by molar-refractivity contribution is -0.384. The number of ether oxygens (including phenoxy) is 1. The minimum atomic E-state index is -0.562. The zero-order valence-corrected chi connectivity index (χ0v) is 11.6. The van der Waals surface area contributed by atoms with Gasteiger partial charge < -0.3 is 4.74 Å². The van der Waals surface area contributed by atoms with Crippen LogP contribution in [0.3, 0.4) is 0 Å². The number of carbonyl (C=O) groups excluding carboxylic acids is 1. The molecule has 0 radical (unpaired) electrons. The number of rotatable bonds is 3. The van der Waals surface area contributed by atoms with Gasteiger partial charge in [0, 0.05) is 24.9 Å². The molecule has 0 saturated carbocycles. The SMILES string of the molecule is Cc1ccc(N(C)C(=O)Oc2ccc([N+](=O)[O-])cc2)cc1. The fourth-order valence-electron chi connectivity index (χ4n) is 1.68. The van der Waals surface area contributed by atoms with E-state index in [0.29, 0.717) is 5.69 Å². The van der Waals surface area contributed by atoms with Crippen LogP contribution in [0.2, 0.25) is 0 Å². The molecule has 0 spiro atoms. The van der Waals surface area contributed by atoms with E-state index in [1.807, 2.05) is 31.2 Å². The number of carbonyl (C=O) groups is 1. The summed E-state index contributed by atoms with van der Waals surface area (Å²) in [6, 6.07) is 12.8. The van der Waals surface area contributed by atoms with Crippen molar-refractivity contribution in [2.45, 2.75) is 6.92 Å². The highest BCUT2D eigenvalue weighted by Gasteiger charge is 2.14. The lowest BCUT2D eigenvalue weighted by Crippen LogP contribution is -2.29. The van der Waals surface area contributed by atoms with Crippen LogP contribution in [0, 0.1) is 17.0 Å². The van der Waals surface area contributed by atoms with E-state index in [9.17, 15) is 14.9 Å². The van der Waals surface area contributed by atoms with E-state index in [2.05, 4.69) is 0 Å². The maximum Gasteiger partial charge on any atom is 0.419 e. The number of non-ortho nitro benzene ring substituents is 1. The molecule has 0 bridgehead atoms. The molecule has 6 heteroatoms. The fraction of sp³-hybridized carbons (Fsp3) is 0.133. The summed E-state index contributed by atoms with van der Waals surface area (Å²) >= 11 is 0. The molecule has 2 rings (SSSR count). The number of nitro groups is 1. The van der Waals surface area contributed by atoms with Gasteiger partial charge in [0.1, 0.15) is 5.75 Å². The number of amides is 1. The van der Waals surface area contributed by atoms with E-state index >= 15 is 0 Å². The summed E-state index contributed by atoms with van der Waals surface area (Å²) in [5.41, 5.74) is 1.74. The predicted octanol–water partition coefficient (Wildman–Crippen LogP) is 3.54. The molecule has 0 fully saturated rings. The molecular weight excluding hydrogens is 272 g/mol. The van der Waals surface area contributed by atoms with Crippen LogP contribution >= 0.6 is 0 Å². The van der Waals surface area contributed by atoms with E-state index < -0.39 is 11.0 Å². The van der Waals surface area contributed by atoms with Crippen LogP contribution in [0.4, 0.5) is 16.2 Å². The second kappa shape index (κ2) is 6.04. The summed E-state index contributed by atoms with van der Waals surface area (Å²) < 4.78 is 5.16. The van der Waals surface area contributed by atoms with Gasteiger partial charge in [-0.3, -0.25) is 15.0 Å². The molecule has 2 aromatic rings. The molecule has 6 nitrogen and oxygen atoms in total. The highest BCUT2D eigenvalue weighted by molar-refractivity contribution is 5.88. The third kappa shape index (κ3) is 3.56. The minimum absolute atomic E-state index is 0.0540. The first-order valence-electron chi connectivity index (χ1n) is 6.24. The molecule has 0 aromatic heterocycles. The molecular formula is C15H14N2O4. The third-order valence-electron chi connectivity index (χ3n) is 2.95. The van der Waals surface area contributed by atoms with Gasteiger partial charge in [0.05, 0.1) is 4.92 Å². The van der Waals surface area contributed by atoms with Crippen molar-refractivity contribution in [3.05, 3.63) is 64.2 Å². The number of nitrogens with zero attached hydrogens (tertiary/aromatic N) is 2. The van der Waals surface area contributed by atoms with Gasteiger partial charge >= 0.3 is 6.09 Å². The van der Waals surface area contributed by atoms with E-state index in [0.717, 1.165) is 5.56 Å². The quantitative estimate of drug-likeness (QED) is 0.639. The Balaban J connectivity index is 2.06. The van der Waals surface area contributed by atoms with Crippen LogP contribution in [-0.4, -0.2) is 18.1 Å². The molecule has 1 amide bonds. The molecule has 0 N–H and O–H groups in total. The maximum absolute atomic E-state index is 12.0. The Morgan fingerprint density at radius 1 is 1.10 bits per heavy atom. The molecule has 0 saturated heterocycles. The van der Waals surface area contributed by atoms with E-state index in [4.69, 9.17) is 4.74 Å². The summed E-state index contributed by atoms with van der Waals surface area (Å²) in [5.74, 6) is 0.254. The highest BCUT2D eigenvalue weighted by atomic mass is 16.6. The van der Waals surface area contributed by atoms with Crippen molar-refractivity contribution in [1.82, 2.24) is 0 Å². The smallest absolute Gasteiger partial charge is 0.410 e. The maximum atomic E-state index is 12.0. The number of anilines is 1. The van der Waals surface area contributed by atoms with Crippen LogP contribution in [0.5, 0.6) is 5.75 Å². The van der Waals surface area contributed by atoms with Crippen molar-refractivity contribution in [2.75, 3.05) is 11.9 Å². The second-order valence-corrected chi connectivity index (χ2v) is 4.51. The van der Waals surface area contributed by atoms with Gasteiger partial charge in [-0.05, 0) is 31.2 Å². The molecule has 0 unspecified atom stereocenters. The summed E-state index contributed by atoms with van der Waals surface area (Å²) in [7, 11) is 1.60. The monoisotopic (exact) mass is 286 g/mol. The Bertz CT molecular complexity index is 650. The number of benzene rings is 2.